The number of hydrogen-bond donors (Lipinski definition) is 1. The van der Waals surface area contributed by atoms with E-state index in [-0.39, 0.29) is 11.7 Å². The van der Waals surface area contributed by atoms with Crippen LogP contribution in [0.25, 0.3) is 21.3 Å². The lowest BCUT2D eigenvalue weighted by Gasteiger charge is -1.94. The summed E-state index contributed by atoms with van der Waals surface area (Å²) in [5.41, 5.74) is 0.597. The maximum Gasteiger partial charge on any atom is 0.234 e. The highest BCUT2D eigenvalue weighted by Crippen LogP contribution is 2.37. The second-order valence-electron chi connectivity index (χ2n) is 3.98. The fourth-order valence-electron chi connectivity index (χ4n) is 1.67. The van der Waals surface area contributed by atoms with E-state index in [9.17, 15) is 9.50 Å². The fraction of sp³-hybridized carbons (Fsp3) is 0.167. The van der Waals surface area contributed by atoms with E-state index in [0.717, 1.165) is 0 Å². The van der Waals surface area contributed by atoms with Gasteiger partial charge in [-0.05, 0) is 24.3 Å². The zero-order chi connectivity index (χ0) is 14.1. The molecule has 6 nitrogen and oxygen atoms in total. The third-order valence-corrected chi connectivity index (χ3v) is 3.71. The van der Waals surface area contributed by atoms with Crippen LogP contribution in [0.3, 0.4) is 0 Å². The van der Waals surface area contributed by atoms with E-state index in [1.165, 1.54) is 28.3 Å². The van der Waals surface area contributed by atoms with Gasteiger partial charge in [-0.2, -0.15) is 4.80 Å². The number of benzene rings is 1. The zero-order valence-electron chi connectivity index (χ0n) is 10.5. The van der Waals surface area contributed by atoms with Crippen molar-refractivity contribution in [1.82, 2.24) is 25.2 Å². The van der Waals surface area contributed by atoms with Crippen molar-refractivity contribution < 1.29 is 9.50 Å². The Bertz CT molecular complexity index is 754. The SMILES string of the molecule is CCn1nnc(-c2sc(-c3cccc(F)c3)nc2O)n1. The second kappa shape index (κ2) is 4.97. The zero-order valence-corrected chi connectivity index (χ0v) is 11.3. The summed E-state index contributed by atoms with van der Waals surface area (Å²) < 4.78 is 13.2. The molecule has 2 aromatic heterocycles. The Labute approximate surface area is 117 Å². The van der Waals surface area contributed by atoms with Crippen LogP contribution >= 0.6 is 11.3 Å². The molecule has 0 saturated carbocycles. The Balaban J connectivity index is 2.02. The highest BCUT2D eigenvalue weighted by atomic mass is 32.1. The molecule has 0 radical (unpaired) electrons. The highest BCUT2D eigenvalue weighted by Gasteiger charge is 2.18. The molecule has 0 spiro atoms. The molecule has 0 unspecified atom stereocenters. The predicted octanol–water partition coefficient (Wildman–Crippen LogP) is 2.33. The Hall–Kier alpha value is -2.35. The van der Waals surface area contributed by atoms with Gasteiger partial charge in [-0.15, -0.1) is 21.5 Å². The first kappa shape index (κ1) is 12.7. The average molecular weight is 291 g/mol. The van der Waals surface area contributed by atoms with Crippen LogP contribution < -0.4 is 0 Å². The van der Waals surface area contributed by atoms with E-state index in [0.29, 0.717) is 27.8 Å². The third-order valence-electron chi connectivity index (χ3n) is 2.62. The van der Waals surface area contributed by atoms with Crippen LogP contribution in [0.2, 0.25) is 0 Å². The summed E-state index contributed by atoms with van der Waals surface area (Å²) in [6.07, 6.45) is 0. The number of thiazole rings is 1. The number of rotatable bonds is 3. The maximum atomic E-state index is 13.2. The molecule has 0 saturated heterocycles. The molecular formula is C12H10FN5OS. The summed E-state index contributed by atoms with van der Waals surface area (Å²) >= 11 is 1.19. The van der Waals surface area contributed by atoms with Gasteiger partial charge in [0.2, 0.25) is 11.7 Å². The Kier molecular flexibility index (Phi) is 3.15. The minimum Gasteiger partial charge on any atom is -0.492 e. The van der Waals surface area contributed by atoms with Crippen molar-refractivity contribution in [1.29, 1.82) is 0 Å². The average Bonchev–Trinajstić information content (AvgIpc) is 3.04. The summed E-state index contributed by atoms with van der Waals surface area (Å²) in [4.78, 5) is 5.86. The fourth-order valence-corrected chi connectivity index (χ4v) is 2.55. The van der Waals surface area contributed by atoms with Gasteiger partial charge in [-0.25, -0.2) is 9.37 Å². The minimum absolute atomic E-state index is 0.176. The predicted molar refractivity (Wildman–Crippen MR) is 71.7 cm³/mol. The van der Waals surface area contributed by atoms with Gasteiger partial charge in [0.25, 0.3) is 0 Å². The quantitative estimate of drug-likeness (QED) is 0.801. The Morgan fingerprint density at radius 3 is 2.95 bits per heavy atom. The number of nitrogens with zero attached hydrogens (tertiary/aromatic N) is 5. The first-order valence-corrected chi connectivity index (χ1v) is 6.73. The number of aromatic hydroxyl groups is 1. The van der Waals surface area contributed by atoms with Crippen molar-refractivity contribution >= 4 is 11.3 Å². The van der Waals surface area contributed by atoms with Crippen LogP contribution in [0.1, 0.15) is 6.92 Å². The van der Waals surface area contributed by atoms with Gasteiger partial charge in [0.1, 0.15) is 15.7 Å². The molecule has 0 fully saturated rings. The smallest absolute Gasteiger partial charge is 0.234 e. The van der Waals surface area contributed by atoms with Gasteiger partial charge in [-0.3, -0.25) is 0 Å². The van der Waals surface area contributed by atoms with Gasteiger partial charge in [0.15, 0.2) is 0 Å². The third kappa shape index (κ3) is 2.25. The summed E-state index contributed by atoms with van der Waals surface area (Å²) in [5.74, 6) is -0.219. The Morgan fingerprint density at radius 2 is 2.25 bits per heavy atom. The van der Waals surface area contributed by atoms with Gasteiger partial charge in [0.05, 0.1) is 6.54 Å². The van der Waals surface area contributed by atoms with E-state index < -0.39 is 0 Å². The molecule has 102 valence electrons. The summed E-state index contributed by atoms with van der Waals surface area (Å²) in [5, 5.41) is 22.2. The number of hydrogen-bond acceptors (Lipinski definition) is 6. The molecule has 0 amide bonds. The topological polar surface area (TPSA) is 76.7 Å². The molecule has 8 heteroatoms. The van der Waals surface area contributed by atoms with Crippen LogP contribution in [-0.2, 0) is 6.54 Å². The lowest BCUT2D eigenvalue weighted by molar-refractivity contribution is 0.459. The molecular weight excluding hydrogens is 281 g/mol. The molecule has 0 bridgehead atoms. The molecule has 20 heavy (non-hydrogen) atoms. The van der Waals surface area contributed by atoms with Crippen molar-refractivity contribution in [2.75, 3.05) is 0 Å². The van der Waals surface area contributed by atoms with E-state index in [1.54, 1.807) is 12.1 Å². The lowest BCUT2D eigenvalue weighted by Crippen LogP contribution is -1.98. The monoisotopic (exact) mass is 291 g/mol. The highest BCUT2D eigenvalue weighted by molar-refractivity contribution is 7.18. The molecule has 0 aliphatic carbocycles. The number of tetrazole rings is 1. The van der Waals surface area contributed by atoms with Crippen molar-refractivity contribution in [3.63, 3.8) is 0 Å². The van der Waals surface area contributed by atoms with Gasteiger partial charge in [-0.1, -0.05) is 12.1 Å². The van der Waals surface area contributed by atoms with Crippen LogP contribution in [0, 0.1) is 5.82 Å². The number of aromatic nitrogens is 5. The standard InChI is InChI=1S/C12H10FN5OS/c1-2-18-16-10(15-17-18)9-11(19)14-12(20-9)7-4-3-5-8(13)6-7/h3-6,19H,2H2,1H3. The molecule has 1 aromatic carbocycles. The van der Waals surface area contributed by atoms with Crippen molar-refractivity contribution in [3.05, 3.63) is 30.1 Å². The van der Waals surface area contributed by atoms with Crippen LogP contribution in [0.15, 0.2) is 24.3 Å². The van der Waals surface area contributed by atoms with Gasteiger partial charge >= 0.3 is 0 Å². The first-order chi connectivity index (χ1) is 9.67. The molecule has 3 rings (SSSR count). The summed E-state index contributed by atoms with van der Waals surface area (Å²) in [6, 6.07) is 6.03. The van der Waals surface area contributed by atoms with E-state index >= 15 is 0 Å². The largest absolute Gasteiger partial charge is 0.492 e. The first-order valence-electron chi connectivity index (χ1n) is 5.91. The van der Waals surface area contributed by atoms with E-state index in [1.807, 2.05) is 6.92 Å². The Morgan fingerprint density at radius 1 is 1.40 bits per heavy atom. The molecule has 3 aromatic rings. The van der Waals surface area contributed by atoms with E-state index in [4.69, 9.17) is 0 Å². The molecule has 0 aliphatic heterocycles. The maximum absolute atomic E-state index is 13.2. The van der Waals surface area contributed by atoms with Crippen molar-refractivity contribution in [2.45, 2.75) is 13.5 Å². The molecule has 0 atom stereocenters. The van der Waals surface area contributed by atoms with Gasteiger partial charge < -0.3 is 5.11 Å². The van der Waals surface area contributed by atoms with Crippen molar-refractivity contribution in [3.8, 4) is 27.2 Å². The van der Waals surface area contributed by atoms with Crippen LogP contribution in [0.5, 0.6) is 5.88 Å². The van der Waals surface area contributed by atoms with E-state index in [2.05, 4.69) is 20.4 Å². The molecule has 1 N–H and O–H groups in total. The van der Waals surface area contributed by atoms with Crippen LogP contribution in [-0.4, -0.2) is 30.3 Å². The molecule has 2 heterocycles. The number of halogens is 1. The lowest BCUT2D eigenvalue weighted by atomic mass is 10.2. The van der Waals surface area contributed by atoms with Crippen LogP contribution in [0.4, 0.5) is 4.39 Å². The van der Waals surface area contributed by atoms with Gasteiger partial charge in [0, 0.05) is 5.56 Å². The minimum atomic E-state index is -0.353. The second-order valence-corrected chi connectivity index (χ2v) is 4.98. The number of aryl methyl sites for hydroxylation is 1. The normalized spacial score (nSPS) is 10.9. The summed E-state index contributed by atoms with van der Waals surface area (Å²) in [7, 11) is 0. The molecule has 0 aliphatic rings. The van der Waals surface area contributed by atoms with Crippen molar-refractivity contribution in [2.24, 2.45) is 0 Å². The summed E-state index contributed by atoms with van der Waals surface area (Å²) in [6.45, 7) is 2.47.